The van der Waals surface area contributed by atoms with Crippen LogP contribution >= 0.6 is 0 Å². The summed E-state index contributed by atoms with van der Waals surface area (Å²) in [5, 5.41) is 13.3. The van der Waals surface area contributed by atoms with Gasteiger partial charge in [-0.1, -0.05) is 39.4 Å². The number of phenols is 1. The maximum Gasteiger partial charge on any atom is 0.165 e. The fourth-order valence-corrected chi connectivity index (χ4v) is 2.93. The first-order valence-corrected chi connectivity index (χ1v) is 8.34. The molecule has 1 unspecified atom stereocenters. The highest BCUT2D eigenvalue weighted by Gasteiger charge is 2.26. The standard InChI is InChI=1S/C19H26FNO3/c1-11(2)19(12(3)4)23-13(5)8-15-10-17(21-24-15)14-6-7-18(22)16(20)9-14/h6-7,9,11-12,15,19,22H,5,8,10H2,1-4H3. The lowest BCUT2D eigenvalue weighted by Crippen LogP contribution is -2.26. The third-order valence-corrected chi connectivity index (χ3v) is 4.09. The third kappa shape index (κ3) is 4.49. The lowest BCUT2D eigenvalue weighted by Gasteiger charge is -2.27. The van der Waals surface area contributed by atoms with Crippen LogP contribution in [0.3, 0.4) is 0 Å². The normalized spacial score (nSPS) is 17.3. The average molecular weight is 335 g/mol. The molecule has 1 heterocycles. The Kier molecular flexibility index (Phi) is 5.86. The van der Waals surface area contributed by atoms with Crippen molar-refractivity contribution in [2.75, 3.05) is 0 Å². The van der Waals surface area contributed by atoms with Crippen LogP contribution in [0.4, 0.5) is 4.39 Å². The fraction of sp³-hybridized carbons (Fsp3) is 0.526. The van der Waals surface area contributed by atoms with Gasteiger partial charge in [0.2, 0.25) is 0 Å². The van der Waals surface area contributed by atoms with Crippen LogP contribution in [0.25, 0.3) is 0 Å². The van der Waals surface area contributed by atoms with Crippen LogP contribution in [-0.2, 0) is 9.57 Å². The molecule has 0 bridgehead atoms. The average Bonchev–Trinajstić information content (AvgIpc) is 2.95. The molecule has 1 atom stereocenters. The minimum absolute atomic E-state index is 0.116. The van der Waals surface area contributed by atoms with E-state index in [0.29, 0.717) is 41.7 Å². The van der Waals surface area contributed by atoms with Crippen LogP contribution in [0.15, 0.2) is 35.7 Å². The van der Waals surface area contributed by atoms with Gasteiger partial charge in [0.25, 0.3) is 0 Å². The molecule has 4 nitrogen and oxygen atoms in total. The highest BCUT2D eigenvalue weighted by Crippen LogP contribution is 2.26. The van der Waals surface area contributed by atoms with Crippen LogP contribution in [-0.4, -0.2) is 23.0 Å². The van der Waals surface area contributed by atoms with Gasteiger partial charge in [-0.05, 0) is 30.0 Å². The molecule has 0 amide bonds. The molecule has 132 valence electrons. The largest absolute Gasteiger partial charge is 0.505 e. The van der Waals surface area contributed by atoms with Gasteiger partial charge in [0.05, 0.1) is 11.5 Å². The highest BCUT2D eigenvalue weighted by atomic mass is 19.1. The Morgan fingerprint density at radius 1 is 1.38 bits per heavy atom. The van der Waals surface area contributed by atoms with Gasteiger partial charge in [-0.2, -0.15) is 0 Å². The van der Waals surface area contributed by atoms with Crippen molar-refractivity contribution in [2.45, 2.75) is 52.7 Å². The predicted molar refractivity (Wildman–Crippen MR) is 92.4 cm³/mol. The Bertz CT molecular complexity index is 617. The number of benzene rings is 1. The zero-order valence-corrected chi connectivity index (χ0v) is 14.8. The predicted octanol–water partition coefficient (Wildman–Crippen LogP) is 4.63. The molecular formula is C19H26FNO3. The van der Waals surface area contributed by atoms with Gasteiger partial charge in [-0.3, -0.25) is 0 Å². The summed E-state index contributed by atoms with van der Waals surface area (Å²) in [4.78, 5) is 5.43. The van der Waals surface area contributed by atoms with Crippen molar-refractivity contribution in [3.8, 4) is 5.75 Å². The molecule has 0 saturated heterocycles. The molecule has 1 aliphatic heterocycles. The second kappa shape index (κ2) is 7.69. The molecule has 0 spiro atoms. The van der Waals surface area contributed by atoms with Crippen molar-refractivity contribution in [3.05, 3.63) is 41.9 Å². The van der Waals surface area contributed by atoms with E-state index >= 15 is 0 Å². The topological polar surface area (TPSA) is 51.1 Å². The van der Waals surface area contributed by atoms with E-state index < -0.39 is 5.82 Å². The zero-order chi connectivity index (χ0) is 17.9. The van der Waals surface area contributed by atoms with Gasteiger partial charge in [0.15, 0.2) is 11.6 Å². The Balaban J connectivity index is 1.90. The SMILES string of the molecule is C=C(CC1CC(c2ccc(O)c(F)c2)=NO1)OC(C(C)C)C(C)C. The van der Waals surface area contributed by atoms with Gasteiger partial charge in [-0.15, -0.1) is 0 Å². The van der Waals surface area contributed by atoms with Gasteiger partial charge >= 0.3 is 0 Å². The smallest absolute Gasteiger partial charge is 0.165 e. The van der Waals surface area contributed by atoms with Crippen molar-refractivity contribution < 1.29 is 19.1 Å². The number of hydrogen-bond donors (Lipinski definition) is 1. The number of rotatable bonds is 7. The van der Waals surface area contributed by atoms with Crippen LogP contribution in [0.1, 0.15) is 46.1 Å². The zero-order valence-electron chi connectivity index (χ0n) is 14.8. The van der Waals surface area contributed by atoms with E-state index in [0.717, 1.165) is 0 Å². The van der Waals surface area contributed by atoms with Crippen LogP contribution in [0.5, 0.6) is 5.75 Å². The molecular weight excluding hydrogens is 309 g/mol. The van der Waals surface area contributed by atoms with E-state index in [1.165, 1.54) is 12.1 Å². The van der Waals surface area contributed by atoms with Crippen molar-refractivity contribution in [1.29, 1.82) is 0 Å². The lowest BCUT2D eigenvalue weighted by molar-refractivity contribution is 0.0155. The van der Waals surface area contributed by atoms with E-state index in [4.69, 9.17) is 9.57 Å². The minimum atomic E-state index is -0.664. The maximum atomic E-state index is 13.5. The first-order chi connectivity index (χ1) is 11.3. The van der Waals surface area contributed by atoms with Crippen LogP contribution in [0, 0.1) is 17.7 Å². The monoisotopic (exact) mass is 335 g/mol. The first kappa shape index (κ1) is 18.3. The van der Waals surface area contributed by atoms with E-state index in [-0.39, 0.29) is 18.0 Å². The van der Waals surface area contributed by atoms with E-state index in [2.05, 4.69) is 39.4 Å². The van der Waals surface area contributed by atoms with E-state index in [9.17, 15) is 9.50 Å². The van der Waals surface area contributed by atoms with Crippen LogP contribution < -0.4 is 0 Å². The Morgan fingerprint density at radius 3 is 2.62 bits per heavy atom. The maximum absolute atomic E-state index is 13.5. The number of nitrogens with zero attached hydrogens (tertiary/aromatic N) is 1. The number of phenolic OH excluding ortho intramolecular Hbond substituents is 1. The summed E-state index contributed by atoms with van der Waals surface area (Å²) in [6.07, 6.45) is 1.05. The minimum Gasteiger partial charge on any atom is -0.505 e. The second-order valence-corrected chi connectivity index (χ2v) is 6.95. The molecule has 0 radical (unpaired) electrons. The highest BCUT2D eigenvalue weighted by molar-refractivity contribution is 6.01. The molecule has 1 aromatic rings. The van der Waals surface area contributed by atoms with Crippen LogP contribution in [0.2, 0.25) is 0 Å². The summed E-state index contributed by atoms with van der Waals surface area (Å²) in [5.74, 6) is 0.449. The van der Waals surface area contributed by atoms with E-state index in [1.807, 2.05) is 0 Å². The number of halogens is 1. The molecule has 1 N–H and O–H groups in total. The number of ether oxygens (including phenoxy) is 1. The summed E-state index contributed by atoms with van der Waals surface area (Å²) in [7, 11) is 0. The molecule has 0 fully saturated rings. The molecule has 24 heavy (non-hydrogen) atoms. The van der Waals surface area contributed by atoms with Gasteiger partial charge in [0, 0.05) is 18.4 Å². The Labute approximate surface area is 143 Å². The lowest BCUT2D eigenvalue weighted by atomic mass is 9.96. The molecule has 0 saturated carbocycles. The molecule has 0 aliphatic carbocycles. The van der Waals surface area contributed by atoms with Crippen molar-refractivity contribution >= 4 is 5.71 Å². The molecule has 1 aromatic carbocycles. The Hall–Kier alpha value is -2.04. The Morgan fingerprint density at radius 2 is 2.04 bits per heavy atom. The second-order valence-electron chi connectivity index (χ2n) is 6.95. The summed E-state index contributed by atoms with van der Waals surface area (Å²) in [5.41, 5.74) is 1.28. The van der Waals surface area contributed by atoms with Crippen molar-refractivity contribution in [3.63, 3.8) is 0 Å². The first-order valence-electron chi connectivity index (χ1n) is 8.34. The fourth-order valence-electron chi connectivity index (χ4n) is 2.93. The summed E-state index contributed by atoms with van der Waals surface area (Å²) in [6.45, 7) is 12.5. The number of aromatic hydroxyl groups is 1. The molecule has 0 aromatic heterocycles. The summed E-state index contributed by atoms with van der Waals surface area (Å²) >= 11 is 0. The molecule has 5 heteroatoms. The third-order valence-electron chi connectivity index (χ3n) is 4.09. The number of hydrogen-bond acceptors (Lipinski definition) is 4. The van der Waals surface area contributed by atoms with Crippen molar-refractivity contribution in [2.24, 2.45) is 17.0 Å². The molecule has 1 aliphatic rings. The van der Waals surface area contributed by atoms with Gasteiger partial charge < -0.3 is 14.7 Å². The van der Waals surface area contributed by atoms with Crippen molar-refractivity contribution in [1.82, 2.24) is 0 Å². The van der Waals surface area contributed by atoms with E-state index in [1.54, 1.807) is 6.07 Å². The van der Waals surface area contributed by atoms with Gasteiger partial charge in [0.1, 0.15) is 12.2 Å². The van der Waals surface area contributed by atoms with Gasteiger partial charge in [-0.25, -0.2) is 4.39 Å². The molecule has 2 rings (SSSR count). The number of oxime groups is 1. The quantitative estimate of drug-likeness (QED) is 0.739. The summed E-state index contributed by atoms with van der Waals surface area (Å²) in [6, 6.07) is 4.21. The summed E-state index contributed by atoms with van der Waals surface area (Å²) < 4.78 is 19.4.